The van der Waals surface area contributed by atoms with Gasteiger partial charge in [0.15, 0.2) is 0 Å². The molecule has 0 unspecified atom stereocenters. The zero-order chi connectivity index (χ0) is 24.6. The fourth-order valence-electron chi connectivity index (χ4n) is 4.29. The van der Waals surface area contributed by atoms with Crippen molar-refractivity contribution in [3.05, 3.63) is 0 Å². The Morgan fingerprint density at radius 1 is 0.485 bits per heavy atom. The largest absolute Gasteiger partial charge is 0.356 e. The second kappa shape index (κ2) is 24.1. The van der Waals surface area contributed by atoms with Gasteiger partial charge in [-0.05, 0) is 19.3 Å². The maximum atomic E-state index is 12.2. The molecule has 0 aliphatic carbocycles. The molecule has 196 valence electrons. The predicted molar refractivity (Wildman–Crippen MR) is 143 cm³/mol. The molecule has 0 bridgehead atoms. The highest BCUT2D eigenvalue weighted by atomic mass is 16.2. The summed E-state index contributed by atoms with van der Waals surface area (Å²) in [6, 6.07) is 0. The molecule has 0 aliphatic rings. The molecule has 0 saturated carbocycles. The van der Waals surface area contributed by atoms with E-state index in [0.717, 1.165) is 32.1 Å². The third kappa shape index (κ3) is 21.2. The Bertz CT molecular complexity index is 413. The quantitative estimate of drug-likeness (QED) is 0.142. The number of nitrogens with one attached hydrogen (secondary N) is 2. The van der Waals surface area contributed by atoms with Crippen molar-refractivity contribution in [3.63, 3.8) is 0 Å². The van der Waals surface area contributed by atoms with Crippen molar-refractivity contribution in [2.24, 2.45) is 11.8 Å². The van der Waals surface area contributed by atoms with Crippen molar-refractivity contribution in [3.8, 4) is 0 Å². The van der Waals surface area contributed by atoms with Crippen molar-refractivity contribution in [1.29, 1.82) is 0 Å². The van der Waals surface area contributed by atoms with Crippen LogP contribution in [0.1, 0.15) is 150 Å². The molecule has 0 fully saturated rings. The van der Waals surface area contributed by atoms with Gasteiger partial charge in [0.1, 0.15) is 0 Å². The predicted octanol–water partition coefficient (Wildman–Crippen LogP) is 7.94. The van der Waals surface area contributed by atoms with Gasteiger partial charge < -0.3 is 10.6 Å². The average Bonchev–Trinajstić information content (AvgIpc) is 2.81. The highest BCUT2D eigenvalue weighted by Crippen LogP contribution is 2.14. The molecular weight excluding hydrogens is 408 g/mol. The number of amides is 2. The molecule has 0 aromatic heterocycles. The fraction of sp³-hybridized carbons (Fsp3) is 0.931. The van der Waals surface area contributed by atoms with Crippen LogP contribution in [-0.4, -0.2) is 24.9 Å². The van der Waals surface area contributed by atoms with Gasteiger partial charge >= 0.3 is 0 Å². The van der Waals surface area contributed by atoms with Crippen LogP contribution in [0.2, 0.25) is 0 Å². The van der Waals surface area contributed by atoms with Crippen LogP contribution in [0.15, 0.2) is 0 Å². The molecule has 0 rings (SSSR count). The maximum Gasteiger partial charge on any atom is 0.222 e. The van der Waals surface area contributed by atoms with Crippen LogP contribution in [0, 0.1) is 11.8 Å². The van der Waals surface area contributed by atoms with Crippen molar-refractivity contribution < 1.29 is 9.59 Å². The normalized spacial score (nSPS) is 13.0. The minimum atomic E-state index is 0.0892. The summed E-state index contributed by atoms with van der Waals surface area (Å²) in [5.41, 5.74) is 0. The van der Waals surface area contributed by atoms with Crippen LogP contribution >= 0.6 is 0 Å². The molecular formula is C29H58N2O2. The molecule has 0 aliphatic heterocycles. The van der Waals surface area contributed by atoms with Gasteiger partial charge in [0.25, 0.3) is 0 Å². The zero-order valence-corrected chi connectivity index (χ0v) is 22.8. The average molecular weight is 467 g/mol. The lowest BCUT2D eigenvalue weighted by Gasteiger charge is -2.14. The molecule has 4 nitrogen and oxygen atoms in total. The van der Waals surface area contributed by atoms with Gasteiger partial charge in [-0.1, -0.05) is 130 Å². The first-order valence-corrected chi connectivity index (χ1v) is 14.6. The van der Waals surface area contributed by atoms with Gasteiger partial charge in [-0.3, -0.25) is 9.59 Å². The minimum Gasteiger partial charge on any atom is -0.356 e. The summed E-state index contributed by atoms with van der Waals surface area (Å²) >= 11 is 0. The number of carbonyl (C=O) groups is 2. The van der Waals surface area contributed by atoms with Crippen LogP contribution in [0.5, 0.6) is 0 Å². The number of unbranched alkanes of at least 4 members (excludes halogenated alkanes) is 14. The van der Waals surface area contributed by atoms with Gasteiger partial charge in [0.2, 0.25) is 11.8 Å². The molecule has 0 saturated heterocycles. The molecule has 0 aromatic rings. The highest BCUT2D eigenvalue weighted by molar-refractivity contribution is 5.78. The zero-order valence-electron chi connectivity index (χ0n) is 22.8. The minimum absolute atomic E-state index is 0.0892. The lowest BCUT2D eigenvalue weighted by Crippen LogP contribution is -2.34. The van der Waals surface area contributed by atoms with E-state index in [0.29, 0.717) is 13.1 Å². The van der Waals surface area contributed by atoms with Gasteiger partial charge in [0, 0.05) is 24.9 Å². The summed E-state index contributed by atoms with van der Waals surface area (Å²) < 4.78 is 0. The van der Waals surface area contributed by atoms with Crippen molar-refractivity contribution in [1.82, 2.24) is 10.6 Å². The summed E-state index contributed by atoms with van der Waals surface area (Å²) in [5.74, 6) is 0.498. The Balaban J connectivity index is 3.57. The van der Waals surface area contributed by atoms with Crippen LogP contribution < -0.4 is 10.6 Å². The summed E-state index contributed by atoms with van der Waals surface area (Å²) in [6.07, 6.45) is 23.6. The Hall–Kier alpha value is -1.06. The Labute approximate surface area is 206 Å². The number of hydrogen-bond donors (Lipinski definition) is 2. The number of rotatable bonds is 24. The first-order valence-electron chi connectivity index (χ1n) is 14.6. The fourth-order valence-corrected chi connectivity index (χ4v) is 4.29. The molecule has 2 atom stereocenters. The summed E-state index contributed by atoms with van der Waals surface area (Å²) in [6.45, 7) is 9.86. The third-order valence-corrected chi connectivity index (χ3v) is 6.83. The maximum absolute atomic E-state index is 12.2. The van der Waals surface area contributed by atoms with Crippen molar-refractivity contribution in [2.45, 2.75) is 150 Å². The van der Waals surface area contributed by atoms with E-state index in [4.69, 9.17) is 0 Å². The van der Waals surface area contributed by atoms with Gasteiger partial charge in [0.05, 0.1) is 0 Å². The lowest BCUT2D eigenvalue weighted by molar-refractivity contribution is -0.125. The summed E-state index contributed by atoms with van der Waals surface area (Å²) in [5, 5.41) is 6.07. The van der Waals surface area contributed by atoms with E-state index in [2.05, 4.69) is 24.5 Å². The second-order valence-electron chi connectivity index (χ2n) is 10.3. The molecule has 0 aromatic carbocycles. The monoisotopic (exact) mass is 466 g/mol. The topological polar surface area (TPSA) is 58.2 Å². The Kier molecular flexibility index (Phi) is 23.3. The van der Waals surface area contributed by atoms with Gasteiger partial charge in [-0.25, -0.2) is 0 Å². The van der Waals surface area contributed by atoms with Crippen molar-refractivity contribution >= 4 is 11.8 Å². The summed E-state index contributed by atoms with van der Waals surface area (Å²) in [4.78, 5) is 24.5. The third-order valence-electron chi connectivity index (χ3n) is 6.83. The highest BCUT2D eigenvalue weighted by Gasteiger charge is 2.13. The SMILES string of the molecule is CCCCCCCCCC[C@H](C)C(=O)NCCCNC(=O)[C@@H](C)CCCCCCCCCC. The lowest BCUT2D eigenvalue weighted by atomic mass is 10.0. The molecule has 2 amide bonds. The van der Waals surface area contributed by atoms with E-state index in [1.54, 1.807) is 0 Å². The Morgan fingerprint density at radius 2 is 0.788 bits per heavy atom. The van der Waals surface area contributed by atoms with E-state index in [1.165, 1.54) is 89.9 Å². The number of hydrogen-bond acceptors (Lipinski definition) is 2. The van der Waals surface area contributed by atoms with Crippen LogP contribution in [-0.2, 0) is 9.59 Å². The molecule has 4 heteroatoms. The van der Waals surface area contributed by atoms with Gasteiger partial charge in [-0.15, -0.1) is 0 Å². The van der Waals surface area contributed by atoms with E-state index in [1.807, 2.05) is 13.8 Å². The first-order chi connectivity index (χ1) is 16.0. The van der Waals surface area contributed by atoms with E-state index >= 15 is 0 Å². The molecule has 0 heterocycles. The molecule has 0 radical (unpaired) electrons. The van der Waals surface area contributed by atoms with Gasteiger partial charge in [-0.2, -0.15) is 0 Å². The summed E-state index contributed by atoms with van der Waals surface area (Å²) in [7, 11) is 0. The van der Waals surface area contributed by atoms with E-state index in [9.17, 15) is 9.59 Å². The van der Waals surface area contributed by atoms with E-state index in [-0.39, 0.29) is 23.7 Å². The first kappa shape index (κ1) is 31.9. The molecule has 33 heavy (non-hydrogen) atoms. The standard InChI is InChI=1S/C29H58N2O2/c1-5-7-9-11-13-15-17-19-22-26(3)28(32)30-24-21-25-31-29(33)27(4)23-20-18-16-14-12-10-8-6-2/h26-27H,5-25H2,1-4H3,(H,30,32)(H,31,33)/t26-,27-/m0/s1. The van der Waals surface area contributed by atoms with Crippen LogP contribution in [0.25, 0.3) is 0 Å². The van der Waals surface area contributed by atoms with E-state index < -0.39 is 0 Å². The van der Waals surface area contributed by atoms with Crippen molar-refractivity contribution in [2.75, 3.05) is 13.1 Å². The smallest absolute Gasteiger partial charge is 0.222 e. The molecule has 0 spiro atoms. The molecule has 2 N–H and O–H groups in total. The van der Waals surface area contributed by atoms with Crippen LogP contribution in [0.3, 0.4) is 0 Å². The second-order valence-corrected chi connectivity index (χ2v) is 10.3. The Morgan fingerprint density at radius 3 is 1.12 bits per heavy atom. The number of carbonyl (C=O) groups excluding carboxylic acids is 2. The van der Waals surface area contributed by atoms with Crippen LogP contribution in [0.4, 0.5) is 0 Å².